The lowest BCUT2D eigenvalue weighted by Crippen LogP contribution is -2.37. The number of epoxide rings is 3. The summed E-state index contributed by atoms with van der Waals surface area (Å²) >= 11 is 0. The summed E-state index contributed by atoms with van der Waals surface area (Å²) in [7, 11) is 0. The fourth-order valence-electron chi connectivity index (χ4n) is 8.44. The number of ether oxygens (including phenoxy) is 5. The normalized spacial score (nSPS) is 27.6. The standard InChI is InChI=1S/C44H78O7/c1-3-5-7-9-11-13-15-17-19-21-27-37-39(49-37)29-23-25-31-47-43(45)35-33-41-42(51-41)34-36(35)44(46)48-32-26-24-30-40-38(50-40)28-22-20-18-16-14-12-10-8-6-4-2/h35-42H,3-34H2,1-2H3. The lowest BCUT2D eigenvalue weighted by atomic mass is 9.79. The number of hydrogen-bond acceptors (Lipinski definition) is 7. The van der Waals surface area contributed by atoms with Crippen molar-refractivity contribution >= 4 is 11.9 Å². The molecule has 0 spiro atoms. The number of carbonyl (C=O) groups excluding carboxylic acids is 2. The molecule has 3 heterocycles. The molecule has 296 valence electrons. The highest BCUT2D eigenvalue weighted by molar-refractivity contribution is 5.82. The first kappa shape index (κ1) is 42.6. The van der Waals surface area contributed by atoms with Crippen molar-refractivity contribution in [2.75, 3.05) is 13.2 Å². The Balaban J connectivity index is 0.942. The molecule has 3 saturated heterocycles. The summed E-state index contributed by atoms with van der Waals surface area (Å²) in [6.45, 7) is 5.37. The molecule has 0 aromatic carbocycles. The fourth-order valence-corrected chi connectivity index (χ4v) is 8.44. The molecule has 7 nitrogen and oxygen atoms in total. The van der Waals surface area contributed by atoms with Crippen LogP contribution in [0.4, 0.5) is 0 Å². The van der Waals surface area contributed by atoms with Crippen LogP contribution in [0.1, 0.15) is 206 Å². The molecular weight excluding hydrogens is 640 g/mol. The number of rotatable bonds is 34. The van der Waals surface area contributed by atoms with E-state index in [9.17, 15) is 9.59 Å². The van der Waals surface area contributed by atoms with Gasteiger partial charge in [0.2, 0.25) is 0 Å². The Morgan fingerprint density at radius 3 is 1.04 bits per heavy atom. The number of esters is 2. The number of unbranched alkanes of at least 4 members (excludes halogenated alkanes) is 20. The predicted molar refractivity (Wildman–Crippen MR) is 205 cm³/mol. The van der Waals surface area contributed by atoms with Gasteiger partial charge in [-0.15, -0.1) is 0 Å². The van der Waals surface area contributed by atoms with E-state index in [1.807, 2.05) is 0 Å². The van der Waals surface area contributed by atoms with Crippen LogP contribution in [0.3, 0.4) is 0 Å². The molecule has 0 amide bonds. The van der Waals surface area contributed by atoms with Crippen LogP contribution < -0.4 is 0 Å². The van der Waals surface area contributed by atoms with Crippen LogP contribution in [-0.2, 0) is 33.3 Å². The minimum Gasteiger partial charge on any atom is -0.465 e. The van der Waals surface area contributed by atoms with Crippen LogP contribution in [0, 0.1) is 11.8 Å². The smallest absolute Gasteiger partial charge is 0.309 e. The van der Waals surface area contributed by atoms with Crippen LogP contribution in [0.5, 0.6) is 0 Å². The molecule has 8 unspecified atom stereocenters. The van der Waals surface area contributed by atoms with Gasteiger partial charge in [0.05, 0.1) is 61.7 Å². The van der Waals surface area contributed by atoms with E-state index >= 15 is 0 Å². The molecule has 3 aliphatic heterocycles. The quantitative estimate of drug-likeness (QED) is 0.0371. The second kappa shape index (κ2) is 25.8. The maximum Gasteiger partial charge on any atom is 0.309 e. The first-order chi connectivity index (χ1) is 25.1. The highest BCUT2D eigenvalue weighted by Crippen LogP contribution is 2.44. The third kappa shape index (κ3) is 18.1. The van der Waals surface area contributed by atoms with E-state index in [2.05, 4.69) is 13.8 Å². The molecule has 4 rings (SSSR count). The molecule has 4 fully saturated rings. The summed E-state index contributed by atoms with van der Waals surface area (Å²) < 4.78 is 28.9. The minimum absolute atomic E-state index is 0.0953. The maximum atomic E-state index is 13.1. The average Bonchev–Trinajstić information content (AvgIpc) is 4.05. The average molecular weight is 719 g/mol. The molecule has 1 saturated carbocycles. The summed E-state index contributed by atoms with van der Waals surface area (Å²) in [5, 5.41) is 0. The first-order valence-electron chi connectivity index (χ1n) is 22.4. The van der Waals surface area contributed by atoms with E-state index in [1.54, 1.807) is 0 Å². The van der Waals surface area contributed by atoms with E-state index in [1.165, 1.54) is 141 Å². The minimum atomic E-state index is -0.454. The van der Waals surface area contributed by atoms with Crippen molar-refractivity contribution in [1.82, 2.24) is 0 Å². The topological polar surface area (TPSA) is 90.2 Å². The van der Waals surface area contributed by atoms with Crippen molar-refractivity contribution in [2.24, 2.45) is 11.8 Å². The van der Waals surface area contributed by atoms with Gasteiger partial charge in [0.1, 0.15) is 0 Å². The van der Waals surface area contributed by atoms with Crippen LogP contribution >= 0.6 is 0 Å². The van der Waals surface area contributed by atoms with Gasteiger partial charge in [0, 0.05) is 0 Å². The van der Waals surface area contributed by atoms with Gasteiger partial charge >= 0.3 is 11.9 Å². The number of carbonyl (C=O) groups is 2. The first-order valence-corrected chi connectivity index (χ1v) is 22.4. The number of hydrogen-bond donors (Lipinski definition) is 0. The molecule has 8 atom stereocenters. The van der Waals surface area contributed by atoms with Gasteiger partial charge in [0.15, 0.2) is 0 Å². The van der Waals surface area contributed by atoms with E-state index in [0.717, 1.165) is 38.5 Å². The highest BCUT2D eigenvalue weighted by Gasteiger charge is 2.53. The zero-order chi connectivity index (χ0) is 35.9. The summed E-state index contributed by atoms with van der Waals surface area (Å²) in [6, 6.07) is 0. The van der Waals surface area contributed by atoms with Gasteiger partial charge in [-0.3, -0.25) is 9.59 Å². The molecule has 0 bridgehead atoms. The zero-order valence-electron chi connectivity index (χ0n) is 33.1. The van der Waals surface area contributed by atoms with Crippen molar-refractivity contribution < 1.29 is 33.3 Å². The van der Waals surface area contributed by atoms with E-state index < -0.39 is 11.8 Å². The van der Waals surface area contributed by atoms with Gasteiger partial charge in [-0.05, 0) is 64.2 Å². The Morgan fingerprint density at radius 1 is 0.412 bits per heavy atom. The summed E-state index contributed by atoms with van der Waals surface area (Å²) in [5.74, 6) is -1.42. The van der Waals surface area contributed by atoms with Crippen molar-refractivity contribution in [1.29, 1.82) is 0 Å². The fraction of sp³-hybridized carbons (Fsp3) is 0.955. The van der Waals surface area contributed by atoms with E-state index in [0.29, 0.717) is 50.5 Å². The van der Waals surface area contributed by atoms with Crippen molar-refractivity contribution in [2.45, 2.75) is 243 Å². The van der Waals surface area contributed by atoms with Crippen LogP contribution in [0.25, 0.3) is 0 Å². The summed E-state index contributed by atoms with van der Waals surface area (Å²) in [4.78, 5) is 26.1. The lowest BCUT2D eigenvalue weighted by Gasteiger charge is -2.26. The molecule has 7 heteroatoms. The molecule has 4 aliphatic rings. The Hall–Kier alpha value is -1.18. The van der Waals surface area contributed by atoms with Crippen LogP contribution in [0.2, 0.25) is 0 Å². The Bertz CT molecular complexity index is 853. The second-order valence-corrected chi connectivity index (χ2v) is 16.6. The Kier molecular flexibility index (Phi) is 21.5. The third-order valence-electron chi connectivity index (χ3n) is 12.1. The van der Waals surface area contributed by atoms with E-state index in [-0.39, 0.29) is 24.1 Å². The second-order valence-electron chi connectivity index (χ2n) is 16.6. The van der Waals surface area contributed by atoms with Gasteiger partial charge in [-0.1, -0.05) is 142 Å². The molecule has 0 aromatic heterocycles. The Morgan fingerprint density at radius 2 is 0.706 bits per heavy atom. The van der Waals surface area contributed by atoms with Crippen LogP contribution in [0.15, 0.2) is 0 Å². The molecule has 0 N–H and O–H groups in total. The van der Waals surface area contributed by atoms with Gasteiger partial charge in [-0.2, -0.15) is 0 Å². The highest BCUT2D eigenvalue weighted by atomic mass is 16.6. The van der Waals surface area contributed by atoms with Crippen molar-refractivity contribution in [3.63, 3.8) is 0 Å². The van der Waals surface area contributed by atoms with E-state index in [4.69, 9.17) is 23.7 Å². The van der Waals surface area contributed by atoms with Crippen molar-refractivity contribution in [3.8, 4) is 0 Å². The van der Waals surface area contributed by atoms with Gasteiger partial charge in [-0.25, -0.2) is 0 Å². The maximum absolute atomic E-state index is 13.1. The SMILES string of the molecule is CCCCCCCCCCCCC1OC1CCCCOC(=O)C1CC2OC2CC1C(=O)OCCCCC1OC1CCCCCCCCCCCC. The predicted octanol–water partition coefficient (Wildman–Crippen LogP) is 11.4. The molecule has 51 heavy (non-hydrogen) atoms. The summed E-state index contributed by atoms with van der Waals surface area (Å²) in [5.41, 5.74) is 0. The molecule has 0 aromatic rings. The van der Waals surface area contributed by atoms with Crippen molar-refractivity contribution in [3.05, 3.63) is 0 Å². The molecule has 0 radical (unpaired) electrons. The summed E-state index contributed by atoms with van der Waals surface area (Å²) in [6.07, 6.45) is 38.5. The molecular formula is C44H78O7. The Labute approximate surface area is 312 Å². The monoisotopic (exact) mass is 719 g/mol. The third-order valence-corrected chi connectivity index (χ3v) is 12.1. The molecule has 1 aliphatic carbocycles. The van der Waals surface area contributed by atoms with Gasteiger partial charge in [0.25, 0.3) is 0 Å². The number of fused-ring (bicyclic) bond motifs is 1. The largest absolute Gasteiger partial charge is 0.465 e. The lowest BCUT2D eigenvalue weighted by molar-refractivity contribution is -0.162. The van der Waals surface area contributed by atoms with Crippen LogP contribution in [-0.4, -0.2) is 61.8 Å². The van der Waals surface area contributed by atoms with Gasteiger partial charge < -0.3 is 23.7 Å². The zero-order valence-corrected chi connectivity index (χ0v) is 33.1.